The molecular formula is C10H11N3. The minimum atomic E-state index is -0.0582. The summed E-state index contributed by atoms with van der Waals surface area (Å²) in [4.78, 5) is 8.65. The number of nitrogens with zero attached hydrogens (tertiary/aromatic N) is 2. The Hall–Kier alpha value is -1.48. The zero-order valence-corrected chi connectivity index (χ0v) is 7.44. The molecule has 0 amide bonds. The topological polar surface area (TPSA) is 51.8 Å². The summed E-state index contributed by atoms with van der Waals surface area (Å²) < 4.78 is 0. The van der Waals surface area contributed by atoms with Crippen molar-refractivity contribution in [1.82, 2.24) is 9.97 Å². The molecule has 3 nitrogen and oxygen atoms in total. The van der Waals surface area contributed by atoms with Gasteiger partial charge in [-0.2, -0.15) is 0 Å². The van der Waals surface area contributed by atoms with E-state index in [-0.39, 0.29) is 6.04 Å². The molecule has 0 saturated carbocycles. The van der Waals surface area contributed by atoms with Crippen molar-refractivity contribution in [3.05, 3.63) is 36.2 Å². The van der Waals surface area contributed by atoms with Gasteiger partial charge in [0.2, 0.25) is 0 Å². The van der Waals surface area contributed by atoms with Crippen LogP contribution in [0.15, 0.2) is 30.5 Å². The quantitative estimate of drug-likeness (QED) is 0.713. The maximum absolute atomic E-state index is 5.70. The van der Waals surface area contributed by atoms with Gasteiger partial charge in [0.1, 0.15) is 0 Å². The average molecular weight is 173 g/mol. The van der Waals surface area contributed by atoms with E-state index in [0.717, 1.165) is 16.7 Å². The van der Waals surface area contributed by atoms with Crippen molar-refractivity contribution in [3.63, 3.8) is 0 Å². The molecule has 2 rings (SSSR count). The number of benzene rings is 1. The predicted octanol–water partition coefficient (Wildman–Crippen LogP) is 1.65. The van der Waals surface area contributed by atoms with Crippen LogP contribution >= 0.6 is 0 Å². The predicted molar refractivity (Wildman–Crippen MR) is 52.1 cm³/mol. The van der Waals surface area contributed by atoms with Crippen molar-refractivity contribution in [2.75, 3.05) is 0 Å². The first-order valence-corrected chi connectivity index (χ1v) is 4.24. The van der Waals surface area contributed by atoms with Gasteiger partial charge < -0.3 is 5.73 Å². The fourth-order valence-corrected chi connectivity index (χ4v) is 1.19. The fraction of sp³-hybridized carbons (Fsp3) is 0.200. The zero-order valence-electron chi connectivity index (χ0n) is 7.44. The molecule has 1 heterocycles. The van der Waals surface area contributed by atoms with E-state index in [1.165, 1.54) is 0 Å². The van der Waals surface area contributed by atoms with Gasteiger partial charge in [0.15, 0.2) is 0 Å². The molecular weight excluding hydrogens is 162 g/mol. The van der Waals surface area contributed by atoms with E-state index in [4.69, 9.17) is 5.73 Å². The molecule has 1 aromatic heterocycles. The summed E-state index contributed by atoms with van der Waals surface area (Å²) >= 11 is 0. The highest BCUT2D eigenvalue weighted by molar-refractivity contribution is 5.73. The van der Waals surface area contributed by atoms with E-state index in [0.29, 0.717) is 0 Å². The van der Waals surface area contributed by atoms with Crippen molar-refractivity contribution in [2.45, 2.75) is 13.0 Å². The number of para-hydroxylation sites is 2. The highest BCUT2D eigenvalue weighted by Crippen LogP contribution is 2.11. The minimum Gasteiger partial charge on any atom is -0.323 e. The van der Waals surface area contributed by atoms with Crippen molar-refractivity contribution >= 4 is 11.0 Å². The Morgan fingerprint density at radius 3 is 2.62 bits per heavy atom. The molecule has 0 bridgehead atoms. The van der Waals surface area contributed by atoms with Crippen LogP contribution in [0.3, 0.4) is 0 Å². The third kappa shape index (κ3) is 1.51. The lowest BCUT2D eigenvalue weighted by atomic mass is 10.2. The van der Waals surface area contributed by atoms with Crippen LogP contribution in [0, 0.1) is 0 Å². The number of aromatic nitrogens is 2. The molecule has 0 aliphatic carbocycles. The molecule has 1 atom stereocenters. The molecule has 0 unspecified atom stereocenters. The maximum atomic E-state index is 5.70. The second-order valence-electron chi connectivity index (χ2n) is 3.07. The molecule has 1 aromatic carbocycles. The van der Waals surface area contributed by atoms with E-state index < -0.39 is 0 Å². The van der Waals surface area contributed by atoms with Crippen LogP contribution in [0.2, 0.25) is 0 Å². The van der Waals surface area contributed by atoms with E-state index >= 15 is 0 Å². The first kappa shape index (κ1) is 8.13. The largest absolute Gasteiger partial charge is 0.323 e. The molecule has 0 aliphatic rings. The highest BCUT2D eigenvalue weighted by atomic mass is 14.8. The van der Waals surface area contributed by atoms with E-state index in [9.17, 15) is 0 Å². The van der Waals surface area contributed by atoms with Crippen LogP contribution in [0.1, 0.15) is 18.7 Å². The first-order valence-electron chi connectivity index (χ1n) is 4.24. The first-order chi connectivity index (χ1) is 6.27. The number of fused-ring (bicyclic) bond motifs is 1. The lowest BCUT2D eigenvalue weighted by Crippen LogP contribution is -2.07. The Morgan fingerprint density at radius 1 is 1.23 bits per heavy atom. The summed E-state index contributed by atoms with van der Waals surface area (Å²) in [5.74, 6) is 0. The maximum Gasteiger partial charge on any atom is 0.0890 e. The third-order valence-corrected chi connectivity index (χ3v) is 1.93. The van der Waals surface area contributed by atoms with Crippen molar-refractivity contribution in [1.29, 1.82) is 0 Å². The summed E-state index contributed by atoms with van der Waals surface area (Å²) in [6.07, 6.45) is 1.73. The third-order valence-electron chi connectivity index (χ3n) is 1.93. The van der Waals surface area contributed by atoms with Crippen molar-refractivity contribution in [3.8, 4) is 0 Å². The summed E-state index contributed by atoms with van der Waals surface area (Å²) in [5.41, 5.74) is 8.34. The van der Waals surface area contributed by atoms with Crippen LogP contribution in [0.5, 0.6) is 0 Å². The Morgan fingerprint density at radius 2 is 1.92 bits per heavy atom. The minimum absolute atomic E-state index is 0.0582. The van der Waals surface area contributed by atoms with E-state index in [1.54, 1.807) is 6.20 Å². The van der Waals surface area contributed by atoms with E-state index in [2.05, 4.69) is 9.97 Å². The molecule has 3 heteroatoms. The Balaban J connectivity index is 2.62. The molecule has 0 radical (unpaired) electrons. The van der Waals surface area contributed by atoms with Gasteiger partial charge in [-0.05, 0) is 19.1 Å². The van der Waals surface area contributed by atoms with Gasteiger partial charge in [0.05, 0.1) is 22.9 Å². The second kappa shape index (κ2) is 3.11. The van der Waals surface area contributed by atoms with Gasteiger partial charge in [0.25, 0.3) is 0 Å². The van der Waals surface area contributed by atoms with Crippen LogP contribution in [0.4, 0.5) is 0 Å². The molecule has 2 aromatic rings. The van der Waals surface area contributed by atoms with Gasteiger partial charge >= 0.3 is 0 Å². The molecule has 66 valence electrons. The number of rotatable bonds is 1. The van der Waals surface area contributed by atoms with Crippen LogP contribution < -0.4 is 5.73 Å². The smallest absolute Gasteiger partial charge is 0.0890 e. The summed E-state index contributed by atoms with van der Waals surface area (Å²) in [6.45, 7) is 1.90. The molecule has 0 spiro atoms. The molecule has 13 heavy (non-hydrogen) atoms. The van der Waals surface area contributed by atoms with Gasteiger partial charge in [-0.1, -0.05) is 12.1 Å². The molecule has 2 N–H and O–H groups in total. The lowest BCUT2D eigenvalue weighted by Gasteiger charge is -2.04. The second-order valence-corrected chi connectivity index (χ2v) is 3.07. The van der Waals surface area contributed by atoms with Crippen molar-refractivity contribution in [2.24, 2.45) is 5.73 Å². The fourth-order valence-electron chi connectivity index (χ4n) is 1.19. The van der Waals surface area contributed by atoms with Gasteiger partial charge in [-0.25, -0.2) is 4.98 Å². The molecule has 0 aliphatic heterocycles. The Labute approximate surface area is 76.6 Å². The van der Waals surface area contributed by atoms with Crippen molar-refractivity contribution < 1.29 is 0 Å². The summed E-state index contributed by atoms with van der Waals surface area (Å²) in [5, 5.41) is 0. The summed E-state index contributed by atoms with van der Waals surface area (Å²) in [7, 11) is 0. The number of hydrogen-bond acceptors (Lipinski definition) is 3. The van der Waals surface area contributed by atoms with E-state index in [1.807, 2.05) is 31.2 Å². The number of hydrogen-bond donors (Lipinski definition) is 1. The average Bonchev–Trinajstić information content (AvgIpc) is 2.17. The van der Waals surface area contributed by atoms with Gasteiger partial charge in [-0.3, -0.25) is 4.98 Å². The standard InChI is InChI=1S/C10H11N3/c1-7(11)10-6-12-8-4-2-3-5-9(8)13-10/h2-7H,11H2,1H3/t7-/m0/s1. The molecule has 0 saturated heterocycles. The van der Waals surface area contributed by atoms with Gasteiger partial charge in [0, 0.05) is 6.04 Å². The lowest BCUT2D eigenvalue weighted by molar-refractivity contribution is 0.780. The highest BCUT2D eigenvalue weighted by Gasteiger charge is 2.02. The molecule has 0 fully saturated rings. The Bertz CT molecular complexity index is 423. The normalized spacial score (nSPS) is 13.1. The zero-order chi connectivity index (χ0) is 9.26. The van der Waals surface area contributed by atoms with Crippen LogP contribution in [0.25, 0.3) is 11.0 Å². The Kier molecular flexibility index (Phi) is 1.94. The van der Waals surface area contributed by atoms with Crippen LogP contribution in [-0.4, -0.2) is 9.97 Å². The summed E-state index contributed by atoms with van der Waals surface area (Å²) in [6, 6.07) is 7.71. The monoisotopic (exact) mass is 173 g/mol. The number of nitrogens with two attached hydrogens (primary N) is 1. The van der Waals surface area contributed by atoms with Gasteiger partial charge in [-0.15, -0.1) is 0 Å². The van der Waals surface area contributed by atoms with Crippen LogP contribution in [-0.2, 0) is 0 Å². The SMILES string of the molecule is C[C@H](N)c1cnc2ccccc2n1.